The number of hydrogen-bond acceptors (Lipinski definition) is 5. The van der Waals surface area contributed by atoms with Gasteiger partial charge in [0.05, 0.1) is 11.0 Å². The summed E-state index contributed by atoms with van der Waals surface area (Å²) in [5.41, 5.74) is -0.353. The maximum atomic E-state index is 13.4. The van der Waals surface area contributed by atoms with Crippen LogP contribution in [0, 0.1) is 5.82 Å². The number of halogens is 1. The number of nitrogens with one attached hydrogen (secondary N) is 1. The van der Waals surface area contributed by atoms with E-state index in [0.717, 1.165) is 31.2 Å². The molecule has 1 aliphatic heterocycles. The van der Waals surface area contributed by atoms with E-state index in [0.29, 0.717) is 67.5 Å². The average molecular weight is 577 g/mol. The topological polar surface area (TPSA) is 108 Å². The van der Waals surface area contributed by atoms with E-state index >= 15 is 0 Å². The lowest BCUT2D eigenvalue weighted by Crippen LogP contribution is -2.48. The molecule has 3 aromatic rings. The molecule has 42 heavy (non-hydrogen) atoms. The first-order valence-corrected chi connectivity index (χ1v) is 14.6. The minimum atomic E-state index is -0.822. The molecule has 2 fully saturated rings. The van der Waals surface area contributed by atoms with Crippen molar-refractivity contribution < 1.29 is 33.7 Å². The average Bonchev–Trinajstić information content (AvgIpc) is 3.78. The first-order chi connectivity index (χ1) is 20.2. The Labute approximate surface area is 245 Å². The highest BCUT2D eigenvalue weighted by atomic mass is 19.1. The van der Waals surface area contributed by atoms with E-state index in [2.05, 4.69) is 12.2 Å². The summed E-state index contributed by atoms with van der Waals surface area (Å²) in [6.07, 6.45) is 6.20. The number of carboxylic acids is 1. The van der Waals surface area contributed by atoms with Gasteiger partial charge in [0.1, 0.15) is 28.8 Å². The van der Waals surface area contributed by atoms with Gasteiger partial charge in [-0.1, -0.05) is 38.3 Å². The summed E-state index contributed by atoms with van der Waals surface area (Å²) < 4.78 is 25.4. The minimum absolute atomic E-state index is 0.289. The summed E-state index contributed by atoms with van der Waals surface area (Å²) in [6, 6.07) is 17.3. The predicted octanol–water partition coefficient (Wildman–Crippen LogP) is 7.47. The van der Waals surface area contributed by atoms with E-state index in [1.165, 1.54) is 24.3 Å². The van der Waals surface area contributed by atoms with E-state index in [1.807, 2.05) is 0 Å². The van der Waals surface area contributed by atoms with Gasteiger partial charge in [-0.25, -0.2) is 9.18 Å². The molecule has 8 nitrogen and oxygen atoms in total. The molecular formula is C33H37FN2O6. The number of unbranched alkanes of at least 4 members (excludes halogenated alkanes) is 2. The van der Waals surface area contributed by atoms with E-state index < -0.39 is 17.0 Å². The number of likely N-dealkylation sites (tertiary alicyclic amines) is 1. The van der Waals surface area contributed by atoms with Gasteiger partial charge < -0.3 is 29.9 Å². The Kier molecular flexibility index (Phi) is 8.68. The van der Waals surface area contributed by atoms with Crippen LogP contribution in [0.4, 0.5) is 14.9 Å². The molecule has 0 unspecified atom stereocenters. The smallest absolute Gasteiger partial charge is 0.321 e. The largest absolute Gasteiger partial charge is 0.481 e. The zero-order valence-corrected chi connectivity index (χ0v) is 23.8. The van der Waals surface area contributed by atoms with Crippen LogP contribution >= 0.6 is 0 Å². The van der Waals surface area contributed by atoms with Gasteiger partial charge in [0.2, 0.25) is 0 Å². The van der Waals surface area contributed by atoms with Crippen molar-refractivity contribution in [2.75, 3.05) is 18.4 Å². The van der Waals surface area contributed by atoms with Crippen LogP contribution in [0.1, 0.15) is 63.9 Å². The molecule has 3 N–H and O–H groups in total. The molecule has 5 rings (SSSR count). The third-order valence-electron chi connectivity index (χ3n) is 8.21. The highest BCUT2D eigenvalue weighted by Crippen LogP contribution is 2.48. The quantitative estimate of drug-likeness (QED) is 0.204. The predicted molar refractivity (Wildman–Crippen MR) is 157 cm³/mol. The van der Waals surface area contributed by atoms with Gasteiger partial charge in [-0.3, -0.25) is 4.79 Å². The number of aliphatic hydroxyl groups is 1. The van der Waals surface area contributed by atoms with E-state index in [9.17, 15) is 24.2 Å². The maximum Gasteiger partial charge on any atom is 0.321 e. The van der Waals surface area contributed by atoms with Gasteiger partial charge in [-0.15, -0.1) is 0 Å². The molecule has 222 valence electrons. The summed E-state index contributed by atoms with van der Waals surface area (Å²) in [4.78, 5) is 26.5. The molecule has 0 bridgehead atoms. The Bertz CT molecular complexity index is 1400. The van der Waals surface area contributed by atoms with Crippen molar-refractivity contribution >= 4 is 17.7 Å². The minimum Gasteiger partial charge on any atom is -0.481 e. The number of carboxylic acid groups (broad SMARTS) is 1. The fraction of sp³-hybridized carbons (Fsp3) is 0.394. The third kappa shape index (κ3) is 7.02. The van der Waals surface area contributed by atoms with Crippen molar-refractivity contribution in [1.29, 1.82) is 0 Å². The van der Waals surface area contributed by atoms with Crippen molar-refractivity contribution in [3.05, 3.63) is 78.1 Å². The van der Waals surface area contributed by atoms with Gasteiger partial charge in [0.15, 0.2) is 0 Å². The third-order valence-corrected chi connectivity index (χ3v) is 8.21. The van der Waals surface area contributed by atoms with Crippen LogP contribution in [0.5, 0.6) is 23.0 Å². The molecule has 9 heteroatoms. The van der Waals surface area contributed by atoms with Crippen molar-refractivity contribution in [1.82, 2.24) is 4.90 Å². The highest BCUT2D eigenvalue weighted by molar-refractivity contribution is 5.90. The number of carbonyl (C=O) groups excluding carboxylic acids is 1. The number of benzene rings is 3. The number of piperidine rings is 1. The number of aliphatic carboxylic acids is 1. The fourth-order valence-corrected chi connectivity index (χ4v) is 5.41. The van der Waals surface area contributed by atoms with Crippen LogP contribution in [0.3, 0.4) is 0 Å². The molecule has 3 aromatic carbocycles. The summed E-state index contributed by atoms with van der Waals surface area (Å²) in [5.74, 6) is 0.466. The van der Waals surface area contributed by atoms with Gasteiger partial charge >= 0.3 is 12.0 Å². The SMILES string of the molecule is CCCCCC1(O)CCN(C(=O)Nc2cc(Oc3ccc(F)cc3)cc(Oc3ccc(C4(C(=O)O)CC4)cc3)c2)CC1. The number of carbonyl (C=O) groups is 2. The molecule has 1 saturated carbocycles. The van der Waals surface area contributed by atoms with Crippen LogP contribution in [0.25, 0.3) is 0 Å². The lowest BCUT2D eigenvalue weighted by molar-refractivity contribution is -0.140. The molecule has 1 heterocycles. The Hall–Kier alpha value is -4.11. The summed E-state index contributed by atoms with van der Waals surface area (Å²) in [5, 5.41) is 23.4. The number of anilines is 1. The second kappa shape index (κ2) is 12.4. The van der Waals surface area contributed by atoms with Crippen LogP contribution in [-0.4, -0.2) is 45.8 Å². The summed E-state index contributed by atoms with van der Waals surface area (Å²) in [7, 11) is 0. The van der Waals surface area contributed by atoms with Crippen molar-refractivity contribution in [2.24, 2.45) is 0 Å². The molecule has 2 aliphatic rings. The van der Waals surface area contributed by atoms with Crippen molar-refractivity contribution in [3.8, 4) is 23.0 Å². The number of urea groups is 1. The van der Waals surface area contributed by atoms with Crippen LogP contribution in [-0.2, 0) is 10.2 Å². The van der Waals surface area contributed by atoms with Crippen LogP contribution in [0.15, 0.2) is 66.7 Å². The Balaban J connectivity index is 1.30. The molecule has 0 spiro atoms. The van der Waals surface area contributed by atoms with Crippen molar-refractivity contribution in [2.45, 2.75) is 69.3 Å². The number of ether oxygens (including phenoxy) is 2. The molecule has 1 saturated heterocycles. The molecular weight excluding hydrogens is 539 g/mol. The first-order valence-electron chi connectivity index (χ1n) is 14.6. The lowest BCUT2D eigenvalue weighted by atomic mass is 9.86. The molecule has 2 amide bonds. The van der Waals surface area contributed by atoms with Gasteiger partial charge in [0.25, 0.3) is 0 Å². The number of hydrogen-bond donors (Lipinski definition) is 3. The summed E-state index contributed by atoms with van der Waals surface area (Å²) in [6.45, 7) is 3.04. The van der Waals surface area contributed by atoms with Gasteiger partial charge in [-0.05, 0) is 74.1 Å². The lowest BCUT2D eigenvalue weighted by Gasteiger charge is -2.38. The zero-order valence-electron chi connectivity index (χ0n) is 23.8. The summed E-state index contributed by atoms with van der Waals surface area (Å²) >= 11 is 0. The monoisotopic (exact) mass is 576 g/mol. The van der Waals surface area contributed by atoms with Gasteiger partial charge in [0, 0.05) is 37.0 Å². The second-order valence-corrected chi connectivity index (χ2v) is 11.4. The molecule has 0 radical (unpaired) electrons. The Morgan fingerprint density at radius 3 is 1.95 bits per heavy atom. The Morgan fingerprint density at radius 1 is 0.857 bits per heavy atom. The van der Waals surface area contributed by atoms with E-state index in [-0.39, 0.29) is 11.8 Å². The zero-order chi connectivity index (χ0) is 29.7. The second-order valence-electron chi connectivity index (χ2n) is 11.4. The Morgan fingerprint density at radius 2 is 1.43 bits per heavy atom. The highest BCUT2D eigenvalue weighted by Gasteiger charge is 2.51. The molecule has 0 aromatic heterocycles. The van der Waals surface area contributed by atoms with Gasteiger partial charge in [-0.2, -0.15) is 0 Å². The van der Waals surface area contributed by atoms with E-state index in [4.69, 9.17) is 9.47 Å². The maximum absolute atomic E-state index is 13.4. The number of nitrogens with zero attached hydrogens (tertiary/aromatic N) is 1. The van der Waals surface area contributed by atoms with E-state index in [1.54, 1.807) is 47.4 Å². The molecule has 1 aliphatic carbocycles. The molecule has 0 atom stereocenters. The normalized spacial score (nSPS) is 16.9. The fourth-order valence-electron chi connectivity index (χ4n) is 5.41. The van der Waals surface area contributed by atoms with Crippen LogP contribution in [0.2, 0.25) is 0 Å². The first kappa shape index (κ1) is 29.4. The number of amides is 2. The standard InChI is InChI=1S/C33H37FN2O6/c1-2-3-4-13-32(40)16-18-36(19-17-32)31(39)35-25-20-28(22-29(21-25)42-27-11-7-24(34)8-12-27)41-26-9-5-23(6-10-26)33(14-15-33)30(37)38/h5-12,20-22,40H,2-4,13-19H2,1H3,(H,35,39)(H,37,38). The van der Waals surface area contributed by atoms with Crippen molar-refractivity contribution in [3.63, 3.8) is 0 Å². The van der Waals surface area contributed by atoms with Crippen LogP contribution < -0.4 is 14.8 Å². The number of rotatable bonds is 11.